The largest absolute Gasteiger partial charge is 0.308 e. The summed E-state index contributed by atoms with van der Waals surface area (Å²) in [7, 11) is 0. The van der Waals surface area contributed by atoms with Gasteiger partial charge in [-0.15, -0.1) is 10.2 Å². The molecule has 1 atom stereocenters. The molecule has 1 aromatic heterocycles. The monoisotopic (exact) mass is 256 g/mol. The molecular weight excluding hydrogens is 236 g/mol. The first kappa shape index (κ1) is 12.4. The molecule has 4 heteroatoms. The van der Waals surface area contributed by atoms with Crippen LogP contribution in [-0.4, -0.2) is 21.3 Å². The average Bonchev–Trinajstić information content (AvgIpc) is 2.85. The number of aromatic nitrogens is 3. The van der Waals surface area contributed by atoms with E-state index < -0.39 is 0 Å². The number of nitrogens with one attached hydrogen (secondary N) is 1. The summed E-state index contributed by atoms with van der Waals surface area (Å²) in [5.74, 6) is 2.07. The molecule has 0 spiro atoms. The van der Waals surface area contributed by atoms with Crippen LogP contribution in [0.15, 0.2) is 18.2 Å². The molecule has 0 saturated heterocycles. The standard InChI is InChI=1S/C15H20N4/c1-4-13-15-18-17-14(19(15)8-7-16-13)12-6-5-10(2)11(3)9-12/h5-6,9,13,16H,4,7-8H2,1-3H3. The maximum absolute atomic E-state index is 4.41. The fourth-order valence-electron chi connectivity index (χ4n) is 2.66. The third-order valence-electron chi connectivity index (χ3n) is 3.99. The van der Waals surface area contributed by atoms with Gasteiger partial charge in [-0.25, -0.2) is 0 Å². The van der Waals surface area contributed by atoms with Gasteiger partial charge in [0.25, 0.3) is 0 Å². The van der Waals surface area contributed by atoms with Crippen molar-refractivity contribution in [3.63, 3.8) is 0 Å². The molecule has 100 valence electrons. The molecule has 0 bridgehead atoms. The fraction of sp³-hybridized carbons (Fsp3) is 0.467. The van der Waals surface area contributed by atoms with E-state index in [-0.39, 0.29) is 0 Å². The van der Waals surface area contributed by atoms with Crippen molar-refractivity contribution in [2.24, 2.45) is 0 Å². The van der Waals surface area contributed by atoms with Gasteiger partial charge in [-0.05, 0) is 37.5 Å². The first-order chi connectivity index (χ1) is 9.20. The van der Waals surface area contributed by atoms with Crippen LogP contribution in [0, 0.1) is 13.8 Å². The Morgan fingerprint density at radius 2 is 2.11 bits per heavy atom. The van der Waals surface area contributed by atoms with Gasteiger partial charge in [-0.1, -0.05) is 19.1 Å². The predicted molar refractivity (Wildman–Crippen MR) is 76.0 cm³/mol. The summed E-state index contributed by atoms with van der Waals surface area (Å²) in [4.78, 5) is 0. The molecule has 0 radical (unpaired) electrons. The number of nitrogens with zero attached hydrogens (tertiary/aromatic N) is 3. The first-order valence-electron chi connectivity index (χ1n) is 6.94. The summed E-state index contributed by atoms with van der Waals surface area (Å²) >= 11 is 0. The van der Waals surface area contributed by atoms with Crippen molar-refractivity contribution in [2.45, 2.75) is 39.8 Å². The van der Waals surface area contributed by atoms with Gasteiger partial charge >= 0.3 is 0 Å². The second-order valence-corrected chi connectivity index (χ2v) is 5.25. The zero-order valence-electron chi connectivity index (χ0n) is 11.8. The summed E-state index contributed by atoms with van der Waals surface area (Å²) in [5, 5.41) is 12.3. The second kappa shape index (κ2) is 4.78. The number of aryl methyl sites for hydroxylation is 2. The van der Waals surface area contributed by atoms with E-state index in [0.29, 0.717) is 6.04 Å². The van der Waals surface area contributed by atoms with Crippen molar-refractivity contribution in [3.8, 4) is 11.4 Å². The van der Waals surface area contributed by atoms with Crippen LogP contribution in [0.3, 0.4) is 0 Å². The van der Waals surface area contributed by atoms with E-state index >= 15 is 0 Å². The van der Waals surface area contributed by atoms with Crippen molar-refractivity contribution in [1.29, 1.82) is 0 Å². The molecule has 0 fully saturated rings. The first-order valence-corrected chi connectivity index (χ1v) is 6.94. The van der Waals surface area contributed by atoms with Crippen molar-refractivity contribution >= 4 is 0 Å². The minimum absolute atomic E-state index is 0.335. The number of rotatable bonds is 2. The van der Waals surface area contributed by atoms with Crippen molar-refractivity contribution in [3.05, 3.63) is 35.2 Å². The molecule has 1 aliphatic heterocycles. The number of fused-ring (bicyclic) bond motifs is 1. The van der Waals surface area contributed by atoms with Crippen LogP contribution in [-0.2, 0) is 6.54 Å². The number of benzene rings is 1. The second-order valence-electron chi connectivity index (χ2n) is 5.25. The van der Waals surface area contributed by atoms with Crippen molar-refractivity contribution in [1.82, 2.24) is 20.1 Å². The van der Waals surface area contributed by atoms with Crippen LogP contribution >= 0.6 is 0 Å². The van der Waals surface area contributed by atoms with Gasteiger partial charge in [0.1, 0.15) is 0 Å². The Morgan fingerprint density at radius 1 is 1.26 bits per heavy atom. The Balaban J connectivity index is 2.06. The molecule has 4 nitrogen and oxygen atoms in total. The van der Waals surface area contributed by atoms with E-state index in [4.69, 9.17) is 0 Å². The summed E-state index contributed by atoms with van der Waals surface area (Å²) in [5.41, 5.74) is 3.78. The molecule has 2 aromatic rings. The molecule has 1 aromatic carbocycles. The average molecular weight is 256 g/mol. The molecule has 19 heavy (non-hydrogen) atoms. The molecule has 3 rings (SSSR count). The lowest BCUT2D eigenvalue weighted by molar-refractivity contribution is 0.407. The molecular formula is C15H20N4. The van der Waals surface area contributed by atoms with Crippen LogP contribution in [0.25, 0.3) is 11.4 Å². The smallest absolute Gasteiger partial charge is 0.164 e. The Kier molecular flexibility index (Phi) is 3.11. The van der Waals surface area contributed by atoms with Crippen LogP contribution in [0.2, 0.25) is 0 Å². The molecule has 0 saturated carbocycles. The van der Waals surface area contributed by atoms with Gasteiger partial charge in [0.2, 0.25) is 0 Å². The van der Waals surface area contributed by atoms with E-state index in [0.717, 1.165) is 31.2 Å². The van der Waals surface area contributed by atoms with Gasteiger partial charge in [-0.2, -0.15) is 0 Å². The summed E-state index contributed by atoms with van der Waals surface area (Å²) in [6.45, 7) is 8.39. The Morgan fingerprint density at radius 3 is 2.84 bits per heavy atom. The fourth-order valence-corrected chi connectivity index (χ4v) is 2.66. The molecule has 0 amide bonds. The highest BCUT2D eigenvalue weighted by Crippen LogP contribution is 2.26. The third-order valence-corrected chi connectivity index (χ3v) is 3.99. The molecule has 1 aliphatic rings. The predicted octanol–water partition coefficient (Wildman–Crippen LogP) is 2.62. The van der Waals surface area contributed by atoms with Crippen LogP contribution < -0.4 is 5.32 Å². The summed E-state index contributed by atoms with van der Waals surface area (Å²) in [6.07, 6.45) is 1.05. The van der Waals surface area contributed by atoms with Gasteiger partial charge in [0.15, 0.2) is 11.6 Å². The lowest BCUT2D eigenvalue weighted by Gasteiger charge is -2.24. The van der Waals surface area contributed by atoms with Gasteiger partial charge in [-0.3, -0.25) is 0 Å². The maximum atomic E-state index is 4.41. The zero-order chi connectivity index (χ0) is 13.4. The maximum Gasteiger partial charge on any atom is 0.164 e. The Bertz CT molecular complexity index is 600. The highest BCUT2D eigenvalue weighted by molar-refractivity contribution is 5.58. The SMILES string of the molecule is CCC1NCCn2c(-c3ccc(C)c(C)c3)nnc21. The van der Waals surface area contributed by atoms with Gasteiger partial charge in [0.05, 0.1) is 6.04 Å². The molecule has 2 heterocycles. The topological polar surface area (TPSA) is 42.7 Å². The van der Waals surface area contributed by atoms with Gasteiger partial charge < -0.3 is 9.88 Å². The van der Waals surface area contributed by atoms with Crippen LogP contribution in [0.4, 0.5) is 0 Å². The Labute approximate surface area is 113 Å². The number of hydrogen-bond donors (Lipinski definition) is 1. The van der Waals surface area contributed by atoms with Gasteiger partial charge in [0, 0.05) is 18.7 Å². The van der Waals surface area contributed by atoms with E-state index in [1.165, 1.54) is 16.7 Å². The zero-order valence-corrected chi connectivity index (χ0v) is 11.8. The van der Waals surface area contributed by atoms with Crippen molar-refractivity contribution in [2.75, 3.05) is 6.54 Å². The van der Waals surface area contributed by atoms with E-state index in [2.05, 4.69) is 59.1 Å². The third kappa shape index (κ3) is 2.06. The number of hydrogen-bond acceptors (Lipinski definition) is 3. The normalized spacial score (nSPS) is 18.4. The van der Waals surface area contributed by atoms with Crippen LogP contribution in [0.1, 0.15) is 36.3 Å². The van der Waals surface area contributed by atoms with E-state index in [9.17, 15) is 0 Å². The van der Waals surface area contributed by atoms with E-state index in [1.807, 2.05) is 0 Å². The van der Waals surface area contributed by atoms with Crippen LogP contribution in [0.5, 0.6) is 0 Å². The lowest BCUT2D eigenvalue weighted by Crippen LogP contribution is -2.33. The molecule has 1 unspecified atom stereocenters. The van der Waals surface area contributed by atoms with E-state index in [1.54, 1.807) is 0 Å². The minimum Gasteiger partial charge on any atom is -0.308 e. The highest BCUT2D eigenvalue weighted by Gasteiger charge is 2.23. The lowest BCUT2D eigenvalue weighted by atomic mass is 10.1. The minimum atomic E-state index is 0.335. The van der Waals surface area contributed by atoms with Crippen molar-refractivity contribution < 1.29 is 0 Å². The summed E-state index contributed by atoms with van der Waals surface area (Å²) in [6, 6.07) is 6.84. The quantitative estimate of drug-likeness (QED) is 0.898. The Hall–Kier alpha value is -1.68. The summed E-state index contributed by atoms with van der Waals surface area (Å²) < 4.78 is 2.26. The highest BCUT2D eigenvalue weighted by atomic mass is 15.3. The molecule has 1 N–H and O–H groups in total. The molecule has 0 aliphatic carbocycles.